The molecule has 3 N–H and O–H groups in total. The fourth-order valence-electron chi connectivity index (χ4n) is 0.403. The fourth-order valence-corrected chi connectivity index (χ4v) is 0.403. The van der Waals surface area contributed by atoms with Crippen molar-refractivity contribution in [2.45, 2.75) is 0 Å². The molecule has 0 aliphatic carbocycles. The van der Waals surface area contributed by atoms with Crippen LogP contribution in [-0.4, -0.2) is 21.2 Å². The Morgan fingerprint density at radius 3 is 1.31 bits per heavy atom. The summed E-state index contributed by atoms with van der Waals surface area (Å²) in [7, 11) is 0. The molecule has 1 aromatic heterocycles. The van der Waals surface area contributed by atoms with Gasteiger partial charge in [-0.3, -0.25) is 19.7 Å². The number of H-pyrrole nitrogens is 3. The molecule has 7 heteroatoms. The lowest BCUT2D eigenvalue weighted by molar-refractivity contribution is -0.104. The lowest BCUT2D eigenvalue weighted by Gasteiger charge is -1.77. The summed E-state index contributed by atoms with van der Waals surface area (Å²) in [5, 5.41) is 0. The molecule has 0 aliphatic rings. The van der Waals surface area contributed by atoms with E-state index in [4.69, 9.17) is 4.79 Å². The van der Waals surface area contributed by atoms with E-state index in [9.17, 15) is 14.4 Å². The minimum atomic E-state index is -0.802. The molecule has 1 rings (SSSR count). The van der Waals surface area contributed by atoms with Crippen LogP contribution >= 0.6 is 0 Å². The maximum atomic E-state index is 10.2. The van der Waals surface area contributed by atoms with Crippen LogP contribution in [0.4, 0.5) is 0 Å². The molecule has 0 unspecified atom stereocenters. The first-order chi connectivity index (χ1) is 6.10. The molecule has 0 bridgehead atoms. The van der Waals surface area contributed by atoms with E-state index in [0.717, 1.165) is 0 Å². The van der Waals surface area contributed by atoms with Crippen LogP contribution in [0.5, 0.6) is 0 Å². The summed E-state index contributed by atoms with van der Waals surface area (Å²) in [4.78, 5) is 45.0. The third-order valence-corrected chi connectivity index (χ3v) is 0.777. The van der Waals surface area contributed by atoms with Crippen molar-refractivity contribution < 1.29 is 4.79 Å². The van der Waals surface area contributed by atoms with Gasteiger partial charge in [-0.05, 0) is 6.08 Å². The predicted octanol–water partition coefficient (Wildman–Crippen LogP) is -1.88. The van der Waals surface area contributed by atoms with Gasteiger partial charge >= 0.3 is 17.1 Å². The molecular weight excluding hydrogens is 178 g/mol. The number of nitrogens with one attached hydrogen (secondary N) is 3. The number of rotatable bonds is 1. The Bertz CT molecular complexity index is 353. The van der Waals surface area contributed by atoms with E-state index in [0.29, 0.717) is 6.29 Å². The summed E-state index contributed by atoms with van der Waals surface area (Å²) in [5.74, 6) is 0. The largest absolute Gasteiger partial charge is 0.330 e. The summed E-state index contributed by atoms with van der Waals surface area (Å²) in [6.07, 6.45) is 1.83. The molecule has 7 nitrogen and oxygen atoms in total. The first-order valence-electron chi connectivity index (χ1n) is 3.09. The zero-order chi connectivity index (χ0) is 10.3. The second kappa shape index (κ2) is 5.47. The van der Waals surface area contributed by atoms with Crippen LogP contribution in [0.15, 0.2) is 27.0 Å². The molecule has 0 aliphatic heterocycles. The second-order valence-electron chi connectivity index (χ2n) is 1.73. The van der Waals surface area contributed by atoms with E-state index in [1.54, 1.807) is 15.0 Å². The third-order valence-electron chi connectivity index (χ3n) is 0.777. The Labute approximate surface area is 71.1 Å². The van der Waals surface area contributed by atoms with Gasteiger partial charge in [0.2, 0.25) is 0 Å². The fraction of sp³-hybridized carbons (Fsp3) is 0. The number of aromatic nitrogens is 3. The maximum absolute atomic E-state index is 10.2. The van der Waals surface area contributed by atoms with Gasteiger partial charge < -0.3 is 0 Å². The minimum Gasteiger partial charge on any atom is -0.299 e. The molecular formula is C6H7N3O4. The topological polar surface area (TPSA) is 116 Å². The molecule has 0 spiro atoms. The Kier molecular flexibility index (Phi) is 4.55. The summed E-state index contributed by atoms with van der Waals surface area (Å²) in [5.41, 5.74) is -2.41. The second-order valence-corrected chi connectivity index (χ2v) is 1.73. The van der Waals surface area contributed by atoms with Crippen molar-refractivity contribution >= 4 is 6.29 Å². The SMILES string of the molecule is C=CC=O.O=c1[nH]c(=O)[nH]c(=O)[nH]1. The molecule has 1 aromatic rings. The molecule has 0 radical (unpaired) electrons. The van der Waals surface area contributed by atoms with Crippen molar-refractivity contribution in [1.82, 2.24) is 15.0 Å². The van der Waals surface area contributed by atoms with Crippen molar-refractivity contribution in [3.8, 4) is 0 Å². The van der Waals surface area contributed by atoms with Crippen LogP contribution in [0.25, 0.3) is 0 Å². The summed E-state index contributed by atoms with van der Waals surface area (Å²) in [6, 6.07) is 0. The number of carbonyl (C=O) groups excluding carboxylic acids is 1. The average molecular weight is 185 g/mol. The number of hydrogen-bond donors (Lipinski definition) is 3. The zero-order valence-corrected chi connectivity index (χ0v) is 6.49. The van der Waals surface area contributed by atoms with Gasteiger partial charge in [0.05, 0.1) is 0 Å². The Hall–Kier alpha value is -2.18. The molecule has 13 heavy (non-hydrogen) atoms. The first-order valence-corrected chi connectivity index (χ1v) is 3.09. The molecule has 0 amide bonds. The van der Waals surface area contributed by atoms with E-state index >= 15 is 0 Å². The number of allylic oxidation sites excluding steroid dienone is 1. The van der Waals surface area contributed by atoms with Gasteiger partial charge in [0.15, 0.2) is 0 Å². The van der Waals surface area contributed by atoms with Crippen LogP contribution in [0.3, 0.4) is 0 Å². The molecule has 70 valence electrons. The van der Waals surface area contributed by atoms with E-state index in [1.807, 2.05) is 0 Å². The smallest absolute Gasteiger partial charge is 0.299 e. The monoisotopic (exact) mass is 185 g/mol. The molecule has 0 saturated carbocycles. The van der Waals surface area contributed by atoms with Crippen LogP contribution in [-0.2, 0) is 4.79 Å². The van der Waals surface area contributed by atoms with Crippen LogP contribution < -0.4 is 17.1 Å². The Balaban J connectivity index is 0.000000310. The van der Waals surface area contributed by atoms with Gasteiger partial charge in [0.25, 0.3) is 0 Å². The lowest BCUT2D eigenvalue weighted by atomic mass is 10.8. The Morgan fingerprint density at radius 1 is 0.923 bits per heavy atom. The van der Waals surface area contributed by atoms with Crippen molar-refractivity contribution in [2.24, 2.45) is 0 Å². The van der Waals surface area contributed by atoms with Gasteiger partial charge in [0.1, 0.15) is 6.29 Å². The number of aromatic amines is 3. The van der Waals surface area contributed by atoms with Crippen molar-refractivity contribution in [1.29, 1.82) is 0 Å². The van der Waals surface area contributed by atoms with Crippen LogP contribution in [0.2, 0.25) is 0 Å². The highest BCUT2D eigenvalue weighted by Crippen LogP contribution is 1.35. The number of aldehydes is 1. The van der Waals surface area contributed by atoms with Crippen molar-refractivity contribution in [3.05, 3.63) is 44.1 Å². The van der Waals surface area contributed by atoms with Gasteiger partial charge in [0, 0.05) is 0 Å². The highest BCUT2D eigenvalue weighted by atomic mass is 16.2. The highest BCUT2D eigenvalue weighted by molar-refractivity contribution is 5.63. The number of hydrogen-bond acceptors (Lipinski definition) is 4. The third kappa shape index (κ3) is 5.13. The Morgan fingerprint density at radius 2 is 1.15 bits per heavy atom. The molecule has 0 aromatic carbocycles. The maximum Gasteiger partial charge on any atom is 0.330 e. The predicted molar refractivity (Wildman–Crippen MR) is 44.6 cm³/mol. The molecule has 0 saturated heterocycles. The van der Waals surface area contributed by atoms with Gasteiger partial charge in [-0.15, -0.1) is 0 Å². The van der Waals surface area contributed by atoms with Crippen molar-refractivity contribution in [2.75, 3.05) is 0 Å². The highest BCUT2D eigenvalue weighted by Gasteiger charge is 1.84. The molecule has 1 heterocycles. The standard InChI is InChI=1S/C3H3N3O3.C3H4O/c7-1-4-2(8)6-3(9)5-1;1-2-3-4/h(H3,4,5,6,7,8,9);2-3H,1H2. The van der Waals surface area contributed by atoms with E-state index < -0.39 is 17.1 Å². The average Bonchev–Trinajstić information content (AvgIpc) is 2.02. The number of carbonyl (C=O) groups is 1. The van der Waals surface area contributed by atoms with E-state index in [1.165, 1.54) is 6.08 Å². The van der Waals surface area contributed by atoms with Gasteiger partial charge in [-0.1, -0.05) is 6.58 Å². The van der Waals surface area contributed by atoms with Crippen LogP contribution in [0, 0.1) is 0 Å². The van der Waals surface area contributed by atoms with Gasteiger partial charge in [-0.2, -0.15) is 0 Å². The van der Waals surface area contributed by atoms with Crippen molar-refractivity contribution in [3.63, 3.8) is 0 Å². The lowest BCUT2D eigenvalue weighted by Crippen LogP contribution is -2.34. The summed E-state index contributed by atoms with van der Waals surface area (Å²) in [6.45, 7) is 3.11. The normalized spacial score (nSPS) is 8.00. The minimum absolute atomic E-state index is 0.639. The van der Waals surface area contributed by atoms with Gasteiger partial charge in [-0.25, -0.2) is 14.4 Å². The summed E-state index contributed by atoms with van der Waals surface area (Å²) >= 11 is 0. The van der Waals surface area contributed by atoms with E-state index in [-0.39, 0.29) is 0 Å². The quantitative estimate of drug-likeness (QED) is 0.350. The first kappa shape index (κ1) is 10.8. The molecule has 0 fully saturated rings. The zero-order valence-electron chi connectivity index (χ0n) is 6.49. The molecule has 0 atom stereocenters. The van der Waals surface area contributed by atoms with Crippen LogP contribution in [0.1, 0.15) is 0 Å². The van der Waals surface area contributed by atoms with E-state index in [2.05, 4.69) is 6.58 Å². The summed E-state index contributed by atoms with van der Waals surface area (Å²) < 4.78 is 0.